The molecule has 5 heteroatoms. The number of hydrogen-bond acceptors (Lipinski definition) is 4. The van der Waals surface area contributed by atoms with Crippen molar-refractivity contribution in [2.24, 2.45) is 0 Å². The second-order valence-electron chi connectivity index (χ2n) is 4.84. The Balaban J connectivity index is 2.12. The molecule has 122 valence electrons. The number of ether oxygens (including phenoxy) is 2. The van der Waals surface area contributed by atoms with Crippen molar-refractivity contribution in [3.05, 3.63) is 64.7 Å². The van der Waals surface area contributed by atoms with E-state index in [-0.39, 0.29) is 11.2 Å². The zero-order valence-corrected chi connectivity index (χ0v) is 14.7. The fourth-order valence-corrected chi connectivity index (χ4v) is 3.29. The van der Waals surface area contributed by atoms with E-state index in [0.717, 1.165) is 16.9 Å². The van der Waals surface area contributed by atoms with E-state index in [1.807, 2.05) is 55.5 Å². The summed E-state index contributed by atoms with van der Waals surface area (Å²) in [7, 11) is 1.62. The van der Waals surface area contributed by atoms with E-state index >= 15 is 0 Å². The molecule has 0 saturated carbocycles. The lowest BCUT2D eigenvalue weighted by atomic mass is 10.1. The molecule has 0 spiro atoms. The van der Waals surface area contributed by atoms with Gasteiger partial charge in [-0.15, -0.1) is 11.8 Å². The Hall–Kier alpha value is -1.65. The number of benzene rings is 2. The lowest BCUT2D eigenvalue weighted by Crippen LogP contribution is -2.13. The van der Waals surface area contributed by atoms with E-state index < -0.39 is 0 Å². The normalized spacial score (nSPS) is 11.8. The summed E-state index contributed by atoms with van der Waals surface area (Å²) < 4.78 is 10.4. The second kappa shape index (κ2) is 8.85. The van der Waals surface area contributed by atoms with Crippen LogP contribution in [0.15, 0.2) is 48.5 Å². The topological polar surface area (TPSA) is 35.5 Å². The molecule has 2 aromatic carbocycles. The highest BCUT2D eigenvalue weighted by Gasteiger charge is 2.22. The van der Waals surface area contributed by atoms with Gasteiger partial charge in [0, 0.05) is 10.8 Å². The van der Waals surface area contributed by atoms with Gasteiger partial charge < -0.3 is 9.47 Å². The first-order valence-corrected chi connectivity index (χ1v) is 8.73. The van der Waals surface area contributed by atoms with Crippen LogP contribution in [0.2, 0.25) is 5.02 Å². The third-order valence-electron chi connectivity index (χ3n) is 3.25. The SMILES string of the molecule is CCOC(=O)C(SCc1ccc(Cl)cc1)c1ccc(OC)cc1. The number of carbonyl (C=O) groups excluding carboxylic acids is 1. The van der Waals surface area contributed by atoms with Crippen molar-refractivity contribution in [3.8, 4) is 5.75 Å². The van der Waals surface area contributed by atoms with Gasteiger partial charge in [0.15, 0.2) is 0 Å². The molecule has 0 bridgehead atoms. The number of carbonyl (C=O) groups is 1. The molecule has 0 N–H and O–H groups in total. The van der Waals surface area contributed by atoms with Crippen LogP contribution in [-0.4, -0.2) is 19.7 Å². The Morgan fingerprint density at radius 1 is 1.13 bits per heavy atom. The molecule has 23 heavy (non-hydrogen) atoms. The lowest BCUT2D eigenvalue weighted by Gasteiger charge is -2.16. The number of hydrogen-bond donors (Lipinski definition) is 0. The Morgan fingerprint density at radius 2 is 1.78 bits per heavy atom. The molecule has 0 radical (unpaired) electrons. The summed E-state index contributed by atoms with van der Waals surface area (Å²) in [5.41, 5.74) is 2.02. The molecule has 2 aromatic rings. The summed E-state index contributed by atoms with van der Waals surface area (Å²) in [6.07, 6.45) is 0. The summed E-state index contributed by atoms with van der Waals surface area (Å²) in [4.78, 5) is 12.3. The number of thioether (sulfide) groups is 1. The standard InChI is InChI=1S/C18H19ClO3S/c1-3-22-18(20)17(14-6-10-16(21-2)11-7-14)23-12-13-4-8-15(19)9-5-13/h4-11,17H,3,12H2,1-2H3. The van der Waals surface area contributed by atoms with Crippen LogP contribution in [0.25, 0.3) is 0 Å². The van der Waals surface area contributed by atoms with Crippen molar-refractivity contribution in [1.82, 2.24) is 0 Å². The molecule has 0 aromatic heterocycles. The molecule has 0 amide bonds. The quantitative estimate of drug-likeness (QED) is 0.666. The number of rotatable bonds is 7. The first-order valence-electron chi connectivity index (χ1n) is 7.30. The first kappa shape index (κ1) is 17.7. The van der Waals surface area contributed by atoms with E-state index in [9.17, 15) is 4.79 Å². The molecular weight excluding hydrogens is 332 g/mol. The molecule has 0 heterocycles. The van der Waals surface area contributed by atoms with Crippen LogP contribution in [0.3, 0.4) is 0 Å². The molecule has 1 atom stereocenters. The average molecular weight is 351 g/mol. The predicted octanol–water partition coefficient (Wildman–Crippen LogP) is 4.89. The zero-order chi connectivity index (χ0) is 16.7. The van der Waals surface area contributed by atoms with Gasteiger partial charge in [0.1, 0.15) is 11.0 Å². The monoisotopic (exact) mass is 350 g/mol. The van der Waals surface area contributed by atoms with Gasteiger partial charge in [-0.05, 0) is 42.3 Å². The van der Waals surface area contributed by atoms with Gasteiger partial charge in [0.25, 0.3) is 0 Å². The molecule has 0 aliphatic rings. The third-order valence-corrected chi connectivity index (χ3v) is 4.80. The molecule has 2 rings (SSSR count). The Morgan fingerprint density at radius 3 is 2.35 bits per heavy atom. The van der Waals surface area contributed by atoms with Gasteiger partial charge in [-0.1, -0.05) is 35.9 Å². The highest BCUT2D eigenvalue weighted by atomic mass is 35.5. The van der Waals surface area contributed by atoms with Crippen molar-refractivity contribution in [2.75, 3.05) is 13.7 Å². The van der Waals surface area contributed by atoms with Crippen LogP contribution in [0.5, 0.6) is 5.75 Å². The molecule has 0 aliphatic heterocycles. The molecule has 3 nitrogen and oxygen atoms in total. The fourth-order valence-electron chi connectivity index (χ4n) is 2.06. The van der Waals surface area contributed by atoms with Crippen LogP contribution < -0.4 is 4.74 Å². The minimum atomic E-state index is -0.364. The molecular formula is C18H19ClO3S. The molecule has 1 unspecified atom stereocenters. The van der Waals surface area contributed by atoms with E-state index in [1.54, 1.807) is 7.11 Å². The van der Waals surface area contributed by atoms with Crippen molar-refractivity contribution in [3.63, 3.8) is 0 Å². The highest BCUT2D eigenvalue weighted by molar-refractivity contribution is 7.99. The molecule has 0 saturated heterocycles. The van der Waals surface area contributed by atoms with Crippen molar-refractivity contribution in [1.29, 1.82) is 0 Å². The molecule has 0 fully saturated rings. The average Bonchev–Trinajstić information content (AvgIpc) is 2.57. The number of halogens is 1. The van der Waals surface area contributed by atoms with E-state index in [4.69, 9.17) is 21.1 Å². The van der Waals surface area contributed by atoms with E-state index in [2.05, 4.69) is 0 Å². The lowest BCUT2D eigenvalue weighted by molar-refractivity contribution is -0.142. The third kappa shape index (κ3) is 5.19. The van der Waals surface area contributed by atoms with Crippen LogP contribution in [0, 0.1) is 0 Å². The minimum Gasteiger partial charge on any atom is -0.497 e. The Labute approximate surface area is 145 Å². The highest BCUT2D eigenvalue weighted by Crippen LogP contribution is 2.34. The van der Waals surface area contributed by atoms with E-state index in [0.29, 0.717) is 17.4 Å². The van der Waals surface area contributed by atoms with Crippen LogP contribution >= 0.6 is 23.4 Å². The summed E-state index contributed by atoms with van der Waals surface area (Å²) in [5, 5.41) is 0.340. The number of esters is 1. The van der Waals surface area contributed by atoms with Gasteiger partial charge in [0.2, 0.25) is 0 Å². The summed E-state index contributed by atoms with van der Waals surface area (Å²) in [5.74, 6) is 1.24. The summed E-state index contributed by atoms with van der Waals surface area (Å²) in [6, 6.07) is 15.1. The number of methoxy groups -OCH3 is 1. The van der Waals surface area contributed by atoms with Gasteiger partial charge in [-0.25, -0.2) is 0 Å². The largest absolute Gasteiger partial charge is 0.497 e. The first-order chi connectivity index (χ1) is 11.1. The zero-order valence-electron chi connectivity index (χ0n) is 13.1. The minimum absolute atomic E-state index is 0.225. The Kier molecular flexibility index (Phi) is 6.81. The fraction of sp³-hybridized carbons (Fsp3) is 0.278. The maximum absolute atomic E-state index is 12.3. The second-order valence-corrected chi connectivity index (χ2v) is 6.37. The summed E-state index contributed by atoms with van der Waals surface area (Å²) >= 11 is 7.43. The van der Waals surface area contributed by atoms with Crippen LogP contribution in [0.1, 0.15) is 23.3 Å². The maximum atomic E-state index is 12.3. The van der Waals surface area contributed by atoms with Crippen LogP contribution in [0.4, 0.5) is 0 Å². The van der Waals surface area contributed by atoms with Crippen molar-refractivity contribution < 1.29 is 14.3 Å². The van der Waals surface area contributed by atoms with E-state index in [1.165, 1.54) is 11.8 Å². The van der Waals surface area contributed by atoms with Crippen LogP contribution in [-0.2, 0) is 15.3 Å². The summed E-state index contributed by atoms with van der Waals surface area (Å²) in [6.45, 7) is 2.18. The van der Waals surface area contributed by atoms with Gasteiger partial charge >= 0.3 is 5.97 Å². The molecule has 0 aliphatic carbocycles. The maximum Gasteiger partial charge on any atom is 0.323 e. The van der Waals surface area contributed by atoms with Gasteiger partial charge in [-0.3, -0.25) is 4.79 Å². The van der Waals surface area contributed by atoms with Crippen molar-refractivity contribution >= 4 is 29.3 Å². The smallest absolute Gasteiger partial charge is 0.323 e. The predicted molar refractivity (Wildman–Crippen MR) is 95.1 cm³/mol. The van der Waals surface area contributed by atoms with Gasteiger partial charge in [-0.2, -0.15) is 0 Å². The van der Waals surface area contributed by atoms with Gasteiger partial charge in [0.05, 0.1) is 13.7 Å². The van der Waals surface area contributed by atoms with Crippen molar-refractivity contribution in [2.45, 2.75) is 17.9 Å². The Bertz CT molecular complexity index is 626.